The summed E-state index contributed by atoms with van der Waals surface area (Å²) in [6.45, 7) is 1.51. The Morgan fingerprint density at radius 1 is 1.26 bits per heavy atom. The summed E-state index contributed by atoms with van der Waals surface area (Å²) in [6.07, 6.45) is 1.60. The highest BCUT2D eigenvalue weighted by Crippen LogP contribution is 2.21. The Morgan fingerprint density at radius 3 is 2.48 bits per heavy atom. The molecule has 1 aromatic rings. The predicted octanol–water partition coefficient (Wildman–Crippen LogP) is -0.333. The first-order chi connectivity index (χ1) is 12.7. The smallest absolute Gasteiger partial charge is 0.363 e. The molecule has 1 unspecified atom stereocenters. The van der Waals surface area contributed by atoms with Crippen molar-refractivity contribution in [2.45, 2.75) is 19.4 Å². The van der Waals surface area contributed by atoms with Gasteiger partial charge in [0.25, 0.3) is 0 Å². The second-order valence-corrected chi connectivity index (χ2v) is 8.76. The number of anilines is 1. The van der Waals surface area contributed by atoms with E-state index in [0.29, 0.717) is 5.69 Å². The molecule has 27 heavy (non-hydrogen) atoms. The zero-order valence-corrected chi connectivity index (χ0v) is 15.3. The number of rotatable bonds is 3. The van der Waals surface area contributed by atoms with Crippen molar-refractivity contribution in [3.63, 3.8) is 0 Å². The van der Waals surface area contributed by atoms with E-state index >= 15 is 0 Å². The summed E-state index contributed by atoms with van der Waals surface area (Å²) in [7, 11) is -3.29. The van der Waals surface area contributed by atoms with Crippen LogP contribution in [0.1, 0.15) is 13.3 Å². The van der Waals surface area contributed by atoms with Crippen molar-refractivity contribution in [1.29, 1.82) is 5.26 Å². The fourth-order valence-corrected chi connectivity index (χ4v) is 5.03. The molecule has 0 bridgehead atoms. The Labute approximate surface area is 156 Å². The molecule has 3 rings (SSSR count). The van der Waals surface area contributed by atoms with Crippen LogP contribution in [0.3, 0.4) is 0 Å². The maximum Gasteiger partial charge on any atom is 0.363 e. The molecule has 140 valence electrons. The maximum absolute atomic E-state index is 12.9. The number of sulfone groups is 1. The summed E-state index contributed by atoms with van der Waals surface area (Å²) in [5.74, 6) is -1.46. The van der Waals surface area contributed by atoms with Gasteiger partial charge in [-0.1, -0.05) is 0 Å². The lowest BCUT2D eigenvalue weighted by molar-refractivity contribution is -0.761. The Balaban J connectivity index is 1.97. The molecule has 2 heterocycles. The van der Waals surface area contributed by atoms with Crippen molar-refractivity contribution in [2.24, 2.45) is 0 Å². The van der Waals surface area contributed by atoms with Crippen LogP contribution in [0.25, 0.3) is 0 Å². The van der Waals surface area contributed by atoms with Gasteiger partial charge in [-0.05, 0) is 36.8 Å². The Bertz CT molecular complexity index is 1020. The highest BCUT2D eigenvalue weighted by Gasteiger charge is 2.48. The average Bonchev–Trinajstić information content (AvgIpc) is 2.96. The number of hydrogen-bond donors (Lipinski definition) is 3. The van der Waals surface area contributed by atoms with Gasteiger partial charge >= 0.3 is 11.8 Å². The highest BCUT2D eigenvalue weighted by atomic mass is 32.2. The van der Waals surface area contributed by atoms with E-state index < -0.39 is 27.7 Å². The first kappa shape index (κ1) is 18.8. The molecule has 2 atom stereocenters. The van der Waals surface area contributed by atoms with Crippen LogP contribution in [0.15, 0.2) is 47.2 Å². The quantitative estimate of drug-likeness (QED) is 0.367. The van der Waals surface area contributed by atoms with Gasteiger partial charge in [0.15, 0.2) is 15.4 Å². The lowest BCUT2D eigenvalue weighted by Gasteiger charge is -2.25. The monoisotopic (exact) mass is 388 g/mol. The number of benzene rings is 1. The van der Waals surface area contributed by atoms with Crippen molar-refractivity contribution >= 4 is 27.3 Å². The van der Waals surface area contributed by atoms with E-state index in [1.807, 2.05) is 6.07 Å². The normalized spacial score (nSPS) is 26.3. The summed E-state index contributed by atoms with van der Waals surface area (Å²) < 4.78 is 23.5. The van der Waals surface area contributed by atoms with Gasteiger partial charge in [-0.3, -0.25) is 0 Å². The SMILES string of the molecule is CC1=C(C#N)C(=O)[NH+]([C@H]2CCS(=O)(=O)C2)C(=O)/C1=C/Nc1ccc(O)cc1. The van der Waals surface area contributed by atoms with Crippen LogP contribution < -0.4 is 10.2 Å². The molecule has 2 amide bonds. The van der Waals surface area contributed by atoms with E-state index in [0.717, 1.165) is 0 Å². The number of nitrogens with zero attached hydrogens (tertiary/aromatic N) is 1. The van der Waals surface area contributed by atoms with E-state index in [-0.39, 0.29) is 45.3 Å². The summed E-state index contributed by atoms with van der Waals surface area (Å²) >= 11 is 0. The van der Waals surface area contributed by atoms with E-state index in [1.54, 1.807) is 12.1 Å². The Kier molecular flexibility index (Phi) is 4.87. The standard InChI is InChI=1S/C18H17N3O5S/c1-11-15(8-19)17(23)21(13-6-7-27(25,26)10-13)18(24)16(11)9-20-12-2-4-14(22)5-3-12/h2-5,9,13,20,22H,6-7,10H2,1H3/p+1/b16-9+/t13-/m0/s1. The third-order valence-electron chi connectivity index (χ3n) is 4.74. The van der Waals surface area contributed by atoms with Crippen molar-refractivity contribution in [2.75, 3.05) is 16.8 Å². The largest absolute Gasteiger partial charge is 0.508 e. The first-order valence-electron chi connectivity index (χ1n) is 8.27. The molecule has 0 aliphatic carbocycles. The Morgan fingerprint density at radius 2 is 1.93 bits per heavy atom. The third kappa shape index (κ3) is 3.63. The number of amides is 2. The van der Waals surface area contributed by atoms with Gasteiger partial charge in [0.2, 0.25) is 0 Å². The van der Waals surface area contributed by atoms with Gasteiger partial charge in [0.05, 0.1) is 5.75 Å². The molecule has 2 aliphatic heterocycles. The van der Waals surface area contributed by atoms with Crippen LogP contribution in [0, 0.1) is 11.3 Å². The summed E-state index contributed by atoms with van der Waals surface area (Å²) in [5, 5.41) is 21.6. The number of aromatic hydroxyl groups is 1. The number of hydrogen-bond acceptors (Lipinski definition) is 7. The summed E-state index contributed by atoms with van der Waals surface area (Å²) in [6, 6.07) is 7.29. The topological polar surface area (TPSA) is 129 Å². The first-order valence-corrected chi connectivity index (χ1v) is 10.1. The lowest BCUT2D eigenvalue weighted by Crippen LogP contribution is -3.21. The third-order valence-corrected chi connectivity index (χ3v) is 6.51. The minimum atomic E-state index is -3.29. The number of imide groups is 1. The highest BCUT2D eigenvalue weighted by molar-refractivity contribution is 7.91. The summed E-state index contributed by atoms with van der Waals surface area (Å²) in [4.78, 5) is 25.4. The molecule has 8 nitrogen and oxygen atoms in total. The van der Waals surface area contributed by atoms with Crippen molar-refractivity contribution < 1.29 is 28.0 Å². The molecule has 9 heteroatoms. The number of nitrogens with one attached hydrogen (secondary N) is 2. The molecular formula is C18H18N3O5S+. The van der Waals surface area contributed by atoms with Crippen LogP contribution in [-0.2, 0) is 19.4 Å². The minimum absolute atomic E-state index is 0.0723. The second-order valence-electron chi connectivity index (χ2n) is 6.53. The molecule has 0 saturated carbocycles. The fourth-order valence-electron chi connectivity index (χ4n) is 3.27. The van der Waals surface area contributed by atoms with Crippen LogP contribution in [0.5, 0.6) is 5.75 Å². The molecule has 3 N–H and O–H groups in total. The molecule has 1 saturated heterocycles. The Hall–Kier alpha value is -2.96. The van der Waals surface area contributed by atoms with Gasteiger partial charge in [-0.25, -0.2) is 18.0 Å². The van der Waals surface area contributed by atoms with E-state index in [4.69, 9.17) is 0 Å². The zero-order valence-electron chi connectivity index (χ0n) is 14.5. The molecule has 0 radical (unpaired) electrons. The second kappa shape index (κ2) is 6.98. The molecule has 1 aromatic carbocycles. The van der Waals surface area contributed by atoms with Gasteiger partial charge in [0.1, 0.15) is 29.2 Å². The van der Waals surface area contributed by atoms with Gasteiger partial charge in [-0.15, -0.1) is 0 Å². The maximum atomic E-state index is 12.9. The number of phenols is 1. The van der Waals surface area contributed by atoms with Crippen molar-refractivity contribution in [3.8, 4) is 11.8 Å². The number of phenolic OH excluding ortho intramolecular Hbond substituents is 1. The van der Waals surface area contributed by atoms with Crippen molar-refractivity contribution in [3.05, 3.63) is 47.2 Å². The van der Waals surface area contributed by atoms with E-state index in [1.165, 1.54) is 25.3 Å². The van der Waals surface area contributed by atoms with Crippen molar-refractivity contribution in [1.82, 2.24) is 0 Å². The fraction of sp³-hybridized carbons (Fsp3) is 0.278. The molecule has 2 aliphatic rings. The van der Waals surface area contributed by atoms with Crippen LogP contribution in [0.2, 0.25) is 0 Å². The van der Waals surface area contributed by atoms with Crippen LogP contribution in [0.4, 0.5) is 5.69 Å². The summed E-state index contributed by atoms with van der Waals surface area (Å²) in [5.41, 5.74) is 0.857. The van der Waals surface area contributed by atoms with Crippen LogP contribution >= 0.6 is 0 Å². The number of carbonyl (C=O) groups excluding carboxylic acids is 2. The zero-order chi connectivity index (χ0) is 19.8. The molecular weight excluding hydrogens is 370 g/mol. The molecule has 0 spiro atoms. The molecule has 1 fully saturated rings. The van der Waals surface area contributed by atoms with E-state index in [9.17, 15) is 28.4 Å². The molecule has 0 aromatic heterocycles. The predicted molar refractivity (Wildman–Crippen MR) is 96.2 cm³/mol. The van der Waals surface area contributed by atoms with Gasteiger partial charge in [0, 0.05) is 18.3 Å². The lowest BCUT2D eigenvalue weighted by atomic mass is 9.94. The van der Waals surface area contributed by atoms with Crippen LogP contribution in [-0.4, -0.2) is 42.9 Å². The minimum Gasteiger partial charge on any atom is -0.508 e. The number of nitriles is 1. The van der Waals surface area contributed by atoms with Gasteiger partial charge in [-0.2, -0.15) is 10.2 Å². The average molecular weight is 388 g/mol. The number of carbonyl (C=O) groups is 2. The van der Waals surface area contributed by atoms with E-state index in [2.05, 4.69) is 5.32 Å². The number of quaternary nitrogens is 1. The van der Waals surface area contributed by atoms with Gasteiger partial charge < -0.3 is 10.4 Å².